The monoisotopic (exact) mass is 237 g/mol. The van der Waals surface area contributed by atoms with Crippen molar-refractivity contribution in [2.24, 2.45) is 0 Å². The molecule has 18 heavy (non-hydrogen) atoms. The molecule has 0 bridgehead atoms. The molecule has 0 amide bonds. The van der Waals surface area contributed by atoms with Gasteiger partial charge in [-0.3, -0.25) is 0 Å². The van der Waals surface area contributed by atoms with Gasteiger partial charge in [-0.05, 0) is 42.5 Å². The minimum Gasteiger partial charge on any atom is -0.384 e. The first-order chi connectivity index (χ1) is 8.75. The highest BCUT2D eigenvalue weighted by molar-refractivity contribution is 5.62. The Kier molecular flexibility index (Phi) is 2.83. The summed E-state index contributed by atoms with van der Waals surface area (Å²) in [6.45, 7) is 5.44. The standard InChI is InChI=1S/C17H19N/c1-12-8-9-15-10-16(11-18-17(15)13(12)2)14-6-4-3-5-7-14/h3-9,16,18H,10-11H2,1-2H3. The van der Waals surface area contributed by atoms with E-state index in [0.29, 0.717) is 5.92 Å². The lowest BCUT2D eigenvalue weighted by Crippen LogP contribution is -2.22. The molecule has 0 spiro atoms. The summed E-state index contributed by atoms with van der Waals surface area (Å²) in [4.78, 5) is 0. The van der Waals surface area contributed by atoms with Gasteiger partial charge in [0, 0.05) is 18.2 Å². The van der Waals surface area contributed by atoms with Crippen molar-refractivity contribution >= 4 is 5.69 Å². The Morgan fingerprint density at radius 2 is 1.78 bits per heavy atom. The van der Waals surface area contributed by atoms with Crippen LogP contribution in [0.25, 0.3) is 0 Å². The van der Waals surface area contributed by atoms with Crippen LogP contribution in [0.4, 0.5) is 5.69 Å². The van der Waals surface area contributed by atoms with Crippen molar-refractivity contribution in [3.63, 3.8) is 0 Å². The molecule has 1 aliphatic heterocycles. The first-order valence-corrected chi connectivity index (χ1v) is 6.63. The fourth-order valence-corrected chi connectivity index (χ4v) is 2.81. The lowest BCUT2D eigenvalue weighted by Gasteiger charge is -2.28. The van der Waals surface area contributed by atoms with Crippen LogP contribution in [0.15, 0.2) is 42.5 Å². The highest BCUT2D eigenvalue weighted by Crippen LogP contribution is 2.33. The summed E-state index contributed by atoms with van der Waals surface area (Å²) in [6.07, 6.45) is 1.15. The third kappa shape index (κ3) is 1.90. The summed E-state index contributed by atoms with van der Waals surface area (Å²) < 4.78 is 0. The molecular weight excluding hydrogens is 218 g/mol. The van der Waals surface area contributed by atoms with E-state index in [1.807, 2.05) is 0 Å². The van der Waals surface area contributed by atoms with Crippen molar-refractivity contribution in [1.82, 2.24) is 0 Å². The van der Waals surface area contributed by atoms with Crippen LogP contribution in [0.1, 0.15) is 28.2 Å². The average molecular weight is 237 g/mol. The molecule has 0 aromatic heterocycles. The van der Waals surface area contributed by atoms with Gasteiger partial charge in [0.05, 0.1) is 0 Å². The normalized spacial score (nSPS) is 18.0. The van der Waals surface area contributed by atoms with Gasteiger partial charge in [-0.25, -0.2) is 0 Å². The molecule has 0 radical (unpaired) electrons. The molecule has 1 heterocycles. The largest absolute Gasteiger partial charge is 0.384 e. The molecule has 1 N–H and O–H groups in total. The number of hydrogen-bond donors (Lipinski definition) is 1. The van der Waals surface area contributed by atoms with Crippen molar-refractivity contribution < 1.29 is 0 Å². The molecule has 1 nitrogen and oxygen atoms in total. The third-order valence-corrected chi connectivity index (χ3v) is 4.08. The Morgan fingerprint density at radius 1 is 1.00 bits per heavy atom. The van der Waals surface area contributed by atoms with E-state index < -0.39 is 0 Å². The van der Waals surface area contributed by atoms with E-state index >= 15 is 0 Å². The van der Waals surface area contributed by atoms with E-state index in [9.17, 15) is 0 Å². The second-order valence-electron chi connectivity index (χ2n) is 5.23. The van der Waals surface area contributed by atoms with Gasteiger partial charge in [0.25, 0.3) is 0 Å². The van der Waals surface area contributed by atoms with E-state index in [4.69, 9.17) is 0 Å². The molecule has 2 aromatic carbocycles. The molecule has 3 rings (SSSR count). The molecule has 2 aromatic rings. The number of nitrogens with one attached hydrogen (secondary N) is 1. The molecule has 1 aliphatic rings. The van der Waals surface area contributed by atoms with Crippen molar-refractivity contribution in [3.8, 4) is 0 Å². The van der Waals surface area contributed by atoms with E-state index in [2.05, 4.69) is 61.6 Å². The van der Waals surface area contributed by atoms with E-state index in [0.717, 1.165) is 13.0 Å². The molecule has 92 valence electrons. The Morgan fingerprint density at radius 3 is 2.56 bits per heavy atom. The summed E-state index contributed by atoms with van der Waals surface area (Å²) in [5, 5.41) is 3.62. The fourth-order valence-electron chi connectivity index (χ4n) is 2.81. The summed E-state index contributed by atoms with van der Waals surface area (Å²) in [6, 6.07) is 15.3. The molecule has 0 aliphatic carbocycles. The number of fused-ring (bicyclic) bond motifs is 1. The summed E-state index contributed by atoms with van der Waals surface area (Å²) in [7, 11) is 0. The molecular formula is C17H19N. The van der Waals surface area contributed by atoms with Gasteiger partial charge in [0.2, 0.25) is 0 Å². The Balaban J connectivity index is 1.93. The number of rotatable bonds is 1. The second kappa shape index (κ2) is 4.49. The minimum atomic E-state index is 0.598. The van der Waals surface area contributed by atoms with E-state index in [-0.39, 0.29) is 0 Å². The first-order valence-electron chi connectivity index (χ1n) is 6.63. The highest BCUT2D eigenvalue weighted by atomic mass is 14.9. The SMILES string of the molecule is Cc1ccc2c(c1C)NCC(c1ccccc1)C2. The quantitative estimate of drug-likeness (QED) is 0.788. The highest BCUT2D eigenvalue weighted by Gasteiger charge is 2.20. The second-order valence-corrected chi connectivity index (χ2v) is 5.23. The summed E-state index contributed by atoms with van der Waals surface area (Å²) in [5.41, 5.74) is 7.03. The maximum absolute atomic E-state index is 3.62. The lowest BCUT2D eigenvalue weighted by atomic mass is 9.86. The summed E-state index contributed by atoms with van der Waals surface area (Å²) >= 11 is 0. The molecule has 0 saturated carbocycles. The van der Waals surface area contributed by atoms with E-state index in [1.165, 1.54) is 27.9 Å². The van der Waals surface area contributed by atoms with Gasteiger partial charge in [-0.1, -0.05) is 42.5 Å². The van der Waals surface area contributed by atoms with Gasteiger partial charge in [0.15, 0.2) is 0 Å². The van der Waals surface area contributed by atoms with Gasteiger partial charge in [-0.15, -0.1) is 0 Å². The van der Waals surface area contributed by atoms with Crippen LogP contribution < -0.4 is 5.32 Å². The average Bonchev–Trinajstić information content (AvgIpc) is 2.44. The first kappa shape index (κ1) is 11.3. The van der Waals surface area contributed by atoms with Crippen LogP contribution in [-0.2, 0) is 6.42 Å². The maximum atomic E-state index is 3.62. The predicted octanol–water partition coefficient (Wildman–Crippen LogP) is 4.06. The molecule has 1 heteroatoms. The predicted molar refractivity (Wildman–Crippen MR) is 77.3 cm³/mol. The Labute approximate surface area is 109 Å². The van der Waals surface area contributed by atoms with E-state index in [1.54, 1.807) is 0 Å². The van der Waals surface area contributed by atoms with Crippen molar-refractivity contribution in [2.45, 2.75) is 26.2 Å². The van der Waals surface area contributed by atoms with Crippen LogP contribution >= 0.6 is 0 Å². The van der Waals surface area contributed by atoms with Crippen LogP contribution in [0.2, 0.25) is 0 Å². The van der Waals surface area contributed by atoms with Gasteiger partial charge in [-0.2, -0.15) is 0 Å². The third-order valence-electron chi connectivity index (χ3n) is 4.08. The zero-order valence-corrected chi connectivity index (χ0v) is 11.0. The molecule has 1 unspecified atom stereocenters. The molecule has 0 fully saturated rings. The zero-order chi connectivity index (χ0) is 12.5. The number of benzene rings is 2. The fraction of sp³-hybridized carbons (Fsp3) is 0.294. The number of aryl methyl sites for hydroxylation is 1. The topological polar surface area (TPSA) is 12.0 Å². The zero-order valence-electron chi connectivity index (χ0n) is 11.0. The Hall–Kier alpha value is -1.76. The lowest BCUT2D eigenvalue weighted by molar-refractivity contribution is 0.693. The van der Waals surface area contributed by atoms with Crippen LogP contribution in [0.3, 0.4) is 0 Å². The van der Waals surface area contributed by atoms with Crippen LogP contribution in [-0.4, -0.2) is 6.54 Å². The van der Waals surface area contributed by atoms with Crippen molar-refractivity contribution in [1.29, 1.82) is 0 Å². The van der Waals surface area contributed by atoms with Crippen molar-refractivity contribution in [2.75, 3.05) is 11.9 Å². The number of anilines is 1. The van der Waals surface area contributed by atoms with Gasteiger partial charge < -0.3 is 5.32 Å². The summed E-state index contributed by atoms with van der Waals surface area (Å²) in [5.74, 6) is 0.598. The Bertz CT molecular complexity index is 557. The minimum absolute atomic E-state index is 0.598. The van der Waals surface area contributed by atoms with Crippen LogP contribution in [0.5, 0.6) is 0 Å². The van der Waals surface area contributed by atoms with Gasteiger partial charge in [0.1, 0.15) is 0 Å². The van der Waals surface area contributed by atoms with Crippen LogP contribution in [0, 0.1) is 13.8 Å². The van der Waals surface area contributed by atoms with Crippen molar-refractivity contribution in [3.05, 3.63) is 64.7 Å². The van der Waals surface area contributed by atoms with Gasteiger partial charge >= 0.3 is 0 Å². The smallest absolute Gasteiger partial charge is 0.0405 e. The molecule has 0 saturated heterocycles. The number of hydrogen-bond acceptors (Lipinski definition) is 1. The maximum Gasteiger partial charge on any atom is 0.0405 e. The molecule has 1 atom stereocenters.